The Morgan fingerprint density at radius 3 is 2.27 bits per heavy atom. The lowest BCUT2D eigenvalue weighted by atomic mass is 9.98. The first kappa shape index (κ1) is 30.0. The Balaban J connectivity index is 1.58. The summed E-state index contributed by atoms with van der Waals surface area (Å²) < 4.78 is 6.11. The second kappa shape index (κ2) is 14.1. The van der Waals surface area contributed by atoms with Gasteiger partial charge in [0.05, 0.1) is 33.8 Å². The number of hydrogen-bond acceptors (Lipinski definition) is 4. The van der Waals surface area contributed by atoms with Gasteiger partial charge in [0.1, 0.15) is 11.5 Å². The van der Waals surface area contributed by atoms with Gasteiger partial charge in [-0.3, -0.25) is 9.59 Å². The van der Waals surface area contributed by atoms with Gasteiger partial charge in [-0.25, -0.2) is 0 Å². The number of carboxylic acids is 1. The van der Waals surface area contributed by atoms with Crippen molar-refractivity contribution in [1.82, 2.24) is 5.32 Å². The van der Waals surface area contributed by atoms with Crippen molar-refractivity contribution in [3.8, 4) is 22.6 Å². The van der Waals surface area contributed by atoms with E-state index in [0.717, 1.165) is 23.3 Å². The fourth-order valence-electron chi connectivity index (χ4n) is 4.30. The Labute approximate surface area is 250 Å². The van der Waals surface area contributed by atoms with Crippen LogP contribution in [-0.4, -0.2) is 23.5 Å². The number of aliphatic carboxylic acids is 1. The highest BCUT2D eigenvalue weighted by atomic mass is 35.5. The second-order valence-corrected chi connectivity index (χ2v) is 10.6. The Hall–Kier alpha value is -4.00. The third kappa shape index (κ3) is 7.81. The predicted octanol–water partition coefficient (Wildman–Crippen LogP) is 8.86. The number of rotatable bonds is 12. The number of anilines is 1. The van der Waals surface area contributed by atoms with E-state index >= 15 is 0 Å². The highest BCUT2D eigenvalue weighted by Crippen LogP contribution is 2.35. The molecule has 0 radical (unpaired) electrons. The fraction of sp³-hybridized carbons (Fsp3) is 0.212. The van der Waals surface area contributed by atoms with Crippen LogP contribution in [-0.2, 0) is 4.79 Å². The molecule has 1 amide bonds. The average Bonchev–Trinajstić information content (AvgIpc) is 2.98. The van der Waals surface area contributed by atoms with Crippen LogP contribution in [0.4, 0.5) is 5.69 Å². The van der Waals surface area contributed by atoms with Crippen LogP contribution in [0, 0.1) is 5.92 Å². The second-order valence-electron chi connectivity index (χ2n) is 9.84. The van der Waals surface area contributed by atoms with Crippen LogP contribution in [0.5, 0.6) is 11.5 Å². The average molecular weight is 592 g/mol. The summed E-state index contributed by atoms with van der Waals surface area (Å²) in [6.07, 6.45) is 0.655. The smallest absolute Gasteiger partial charge is 0.305 e. The third-order valence-corrected chi connectivity index (χ3v) is 7.63. The molecule has 0 fully saturated rings. The normalized spacial score (nSPS) is 12.3. The van der Waals surface area contributed by atoms with E-state index in [1.165, 1.54) is 0 Å². The molecule has 0 heterocycles. The van der Waals surface area contributed by atoms with Crippen molar-refractivity contribution in [3.63, 3.8) is 0 Å². The van der Waals surface area contributed by atoms with E-state index in [2.05, 4.69) is 24.5 Å². The van der Waals surface area contributed by atoms with Crippen LogP contribution in [0.3, 0.4) is 0 Å². The number of para-hydroxylation sites is 2. The molecule has 0 spiro atoms. The van der Waals surface area contributed by atoms with Crippen molar-refractivity contribution in [3.05, 3.63) is 112 Å². The molecule has 4 aromatic rings. The lowest BCUT2D eigenvalue weighted by Gasteiger charge is -2.21. The molecule has 41 heavy (non-hydrogen) atoms. The molecule has 3 N–H and O–H groups in total. The van der Waals surface area contributed by atoms with Gasteiger partial charge < -0.3 is 20.5 Å². The molecule has 6 nitrogen and oxygen atoms in total. The van der Waals surface area contributed by atoms with Crippen LogP contribution in [0.15, 0.2) is 91.0 Å². The molecule has 0 saturated heterocycles. The summed E-state index contributed by atoms with van der Waals surface area (Å²) in [6, 6.07) is 27.0. The van der Waals surface area contributed by atoms with Crippen molar-refractivity contribution in [1.29, 1.82) is 0 Å². The zero-order chi connectivity index (χ0) is 29.4. The molecule has 0 aliphatic rings. The molecule has 4 rings (SSSR count). The van der Waals surface area contributed by atoms with Crippen LogP contribution >= 0.6 is 23.2 Å². The van der Waals surface area contributed by atoms with E-state index < -0.39 is 17.9 Å². The summed E-state index contributed by atoms with van der Waals surface area (Å²) in [5.74, 6) is 0.278. The van der Waals surface area contributed by atoms with Gasteiger partial charge in [0.15, 0.2) is 0 Å². The highest BCUT2D eigenvalue weighted by Gasteiger charge is 2.23. The van der Waals surface area contributed by atoms with Crippen LogP contribution in [0.1, 0.15) is 48.7 Å². The van der Waals surface area contributed by atoms with Gasteiger partial charge in [-0.1, -0.05) is 104 Å². The number of benzene rings is 4. The standard InChI is InChI=1S/C33H32Cl2N2O4/c1-3-21(2)20-36-32-26(17-18-27(34)31(32)35)33(40)37-28(19-30(38)39)23-15-13-22(14-16-23)25-11-7-8-12-29(25)41-24-9-5-4-6-10-24/h4-18,21,28,36H,3,19-20H2,1-2H3,(H,37,40)(H,38,39). The van der Waals surface area contributed by atoms with Gasteiger partial charge in [-0.05, 0) is 47.4 Å². The number of carbonyl (C=O) groups excluding carboxylic acids is 1. The minimum Gasteiger partial charge on any atom is -0.481 e. The van der Waals surface area contributed by atoms with E-state index in [1.54, 1.807) is 12.1 Å². The van der Waals surface area contributed by atoms with E-state index in [4.69, 9.17) is 27.9 Å². The summed E-state index contributed by atoms with van der Waals surface area (Å²) in [5, 5.41) is 16.3. The minimum atomic E-state index is -1.04. The molecule has 0 bridgehead atoms. The maximum absolute atomic E-state index is 13.5. The van der Waals surface area contributed by atoms with Crippen LogP contribution in [0.25, 0.3) is 11.1 Å². The molecular formula is C33H32Cl2N2O4. The number of halogens is 2. The number of ether oxygens (including phenoxy) is 1. The molecule has 0 aliphatic carbocycles. The Kier molecular flexibility index (Phi) is 10.3. The quantitative estimate of drug-likeness (QED) is 0.153. The molecule has 2 unspecified atom stereocenters. The number of carbonyl (C=O) groups is 2. The molecular weight excluding hydrogens is 559 g/mol. The van der Waals surface area contributed by atoms with Gasteiger partial charge in [0.25, 0.3) is 5.91 Å². The van der Waals surface area contributed by atoms with Crippen molar-refractivity contribution in [2.24, 2.45) is 5.92 Å². The van der Waals surface area contributed by atoms with Crippen LogP contribution in [0.2, 0.25) is 10.0 Å². The largest absolute Gasteiger partial charge is 0.481 e. The fourth-order valence-corrected chi connectivity index (χ4v) is 4.69. The zero-order valence-corrected chi connectivity index (χ0v) is 24.4. The number of amides is 1. The molecule has 2 atom stereocenters. The van der Waals surface area contributed by atoms with E-state index in [-0.39, 0.29) is 11.4 Å². The third-order valence-electron chi connectivity index (χ3n) is 6.83. The molecule has 0 aliphatic heterocycles. The molecule has 0 aromatic heterocycles. The van der Waals surface area contributed by atoms with Gasteiger partial charge >= 0.3 is 5.97 Å². The number of nitrogens with one attached hydrogen (secondary N) is 2. The summed E-state index contributed by atoms with van der Waals surface area (Å²) in [4.78, 5) is 25.2. The topological polar surface area (TPSA) is 87.7 Å². The SMILES string of the molecule is CCC(C)CNc1c(C(=O)NC(CC(=O)O)c2ccc(-c3ccccc3Oc3ccccc3)cc2)ccc(Cl)c1Cl. The summed E-state index contributed by atoms with van der Waals surface area (Å²) in [7, 11) is 0. The highest BCUT2D eigenvalue weighted by molar-refractivity contribution is 6.44. The number of carboxylic acid groups (broad SMARTS) is 1. The summed E-state index contributed by atoms with van der Waals surface area (Å²) in [6.45, 7) is 4.77. The molecule has 4 aromatic carbocycles. The lowest BCUT2D eigenvalue weighted by Crippen LogP contribution is -2.31. The molecule has 212 valence electrons. The van der Waals surface area contributed by atoms with Crippen LogP contribution < -0.4 is 15.4 Å². The van der Waals surface area contributed by atoms with Gasteiger partial charge in [0, 0.05) is 12.1 Å². The first-order chi connectivity index (χ1) is 19.8. The van der Waals surface area contributed by atoms with Gasteiger partial charge in [-0.15, -0.1) is 0 Å². The van der Waals surface area contributed by atoms with Gasteiger partial charge in [-0.2, -0.15) is 0 Å². The Bertz CT molecular complexity index is 1490. The maximum atomic E-state index is 13.5. The van der Waals surface area contributed by atoms with Crippen molar-refractivity contribution in [2.45, 2.75) is 32.7 Å². The lowest BCUT2D eigenvalue weighted by molar-refractivity contribution is -0.137. The van der Waals surface area contributed by atoms with E-state index in [9.17, 15) is 14.7 Å². The predicted molar refractivity (Wildman–Crippen MR) is 165 cm³/mol. The zero-order valence-electron chi connectivity index (χ0n) is 22.9. The van der Waals surface area contributed by atoms with Crippen molar-refractivity contribution in [2.75, 3.05) is 11.9 Å². The van der Waals surface area contributed by atoms with E-state index in [1.807, 2.05) is 78.9 Å². The first-order valence-corrected chi connectivity index (χ1v) is 14.2. The maximum Gasteiger partial charge on any atom is 0.305 e. The molecule has 0 saturated carbocycles. The molecule has 8 heteroatoms. The Morgan fingerprint density at radius 1 is 0.902 bits per heavy atom. The van der Waals surface area contributed by atoms with Gasteiger partial charge in [0.2, 0.25) is 0 Å². The first-order valence-electron chi connectivity index (χ1n) is 13.4. The van der Waals surface area contributed by atoms with Crippen molar-refractivity contribution < 1.29 is 19.4 Å². The summed E-state index contributed by atoms with van der Waals surface area (Å²) in [5.41, 5.74) is 3.15. The van der Waals surface area contributed by atoms with Crippen molar-refractivity contribution >= 4 is 40.8 Å². The Morgan fingerprint density at radius 2 is 1.59 bits per heavy atom. The minimum absolute atomic E-state index is 0.248. The van der Waals surface area contributed by atoms with E-state index in [0.29, 0.717) is 40.0 Å². The summed E-state index contributed by atoms with van der Waals surface area (Å²) >= 11 is 12.7. The monoisotopic (exact) mass is 590 g/mol. The number of hydrogen-bond donors (Lipinski definition) is 3.